The summed E-state index contributed by atoms with van der Waals surface area (Å²) in [6, 6.07) is 4.30. The summed E-state index contributed by atoms with van der Waals surface area (Å²) >= 11 is 5.60. The molecule has 112 valence electrons. The molecule has 0 aliphatic rings. The average molecular weight is 312 g/mol. The number of methoxy groups -OCH3 is 1. The van der Waals surface area contributed by atoms with Crippen molar-refractivity contribution >= 4 is 11.6 Å². The van der Waals surface area contributed by atoms with Gasteiger partial charge in [0.2, 0.25) is 0 Å². The van der Waals surface area contributed by atoms with Gasteiger partial charge in [-0.25, -0.2) is 14.4 Å². The van der Waals surface area contributed by atoms with Crippen LogP contribution in [0.3, 0.4) is 0 Å². The number of nitrogens with zero attached hydrogens (tertiary/aromatic N) is 2. The van der Waals surface area contributed by atoms with Crippen molar-refractivity contribution in [2.75, 3.05) is 20.3 Å². The van der Waals surface area contributed by atoms with Gasteiger partial charge in [0, 0.05) is 44.2 Å². The molecular formula is C14H15ClFN3O2. The molecule has 0 spiro atoms. The van der Waals surface area contributed by atoms with Gasteiger partial charge in [0.1, 0.15) is 11.6 Å². The first-order chi connectivity index (χ1) is 10.2. The molecule has 0 aliphatic carbocycles. The number of hydrogen-bond donors (Lipinski definition) is 1. The van der Waals surface area contributed by atoms with Crippen LogP contribution in [-0.4, -0.2) is 30.2 Å². The minimum atomic E-state index is -0.548. The van der Waals surface area contributed by atoms with E-state index in [4.69, 9.17) is 21.1 Å². The molecule has 1 N–H and O–H groups in total. The topological polar surface area (TPSA) is 56.3 Å². The maximum absolute atomic E-state index is 13.3. The first-order valence-electron chi connectivity index (χ1n) is 6.32. The molecule has 1 heterocycles. The third-order valence-corrected chi connectivity index (χ3v) is 2.90. The molecule has 2 aromatic rings. The summed E-state index contributed by atoms with van der Waals surface area (Å²) in [6.45, 7) is 2.03. The molecular weight excluding hydrogens is 297 g/mol. The lowest BCUT2D eigenvalue weighted by atomic mass is 10.3. The van der Waals surface area contributed by atoms with E-state index in [1.165, 1.54) is 12.1 Å². The predicted octanol–water partition coefficient (Wildman–Crippen LogP) is 2.80. The zero-order valence-corrected chi connectivity index (χ0v) is 12.2. The molecule has 5 nitrogen and oxygen atoms in total. The maximum atomic E-state index is 13.3. The van der Waals surface area contributed by atoms with Crippen molar-refractivity contribution in [3.63, 3.8) is 0 Å². The fourth-order valence-electron chi connectivity index (χ4n) is 1.54. The van der Waals surface area contributed by atoms with Crippen LogP contribution < -0.4 is 10.1 Å². The molecule has 0 saturated heterocycles. The third-order valence-electron chi connectivity index (χ3n) is 2.59. The van der Waals surface area contributed by atoms with Gasteiger partial charge in [-0.05, 0) is 12.1 Å². The Morgan fingerprint density at radius 1 is 1.29 bits per heavy atom. The van der Waals surface area contributed by atoms with E-state index in [-0.39, 0.29) is 11.0 Å². The number of hydrogen-bond acceptors (Lipinski definition) is 5. The largest absolute Gasteiger partial charge is 0.424 e. The van der Waals surface area contributed by atoms with Gasteiger partial charge in [0.15, 0.2) is 0 Å². The summed E-state index contributed by atoms with van der Waals surface area (Å²) in [5.41, 5.74) is 0.917. The average Bonchev–Trinajstić information content (AvgIpc) is 2.49. The Hall–Kier alpha value is -1.76. The van der Waals surface area contributed by atoms with Gasteiger partial charge >= 0.3 is 6.01 Å². The fourth-order valence-corrected chi connectivity index (χ4v) is 1.66. The van der Waals surface area contributed by atoms with Crippen LogP contribution in [0.4, 0.5) is 4.39 Å². The second-order valence-electron chi connectivity index (χ2n) is 4.22. The number of benzene rings is 1. The summed E-state index contributed by atoms with van der Waals surface area (Å²) in [4.78, 5) is 8.13. The molecule has 0 amide bonds. The van der Waals surface area contributed by atoms with Crippen molar-refractivity contribution in [2.24, 2.45) is 0 Å². The smallest absolute Gasteiger partial charge is 0.321 e. The Balaban J connectivity index is 1.91. The van der Waals surface area contributed by atoms with Gasteiger partial charge in [0.25, 0.3) is 0 Å². The molecule has 21 heavy (non-hydrogen) atoms. The summed E-state index contributed by atoms with van der Waals surface area (Å²) in [7, 11) is 1.65. The minimum Gasteiger partial charge on any atom is -0.424 e. The second-order valence-corrected chi connectivity index (χ2v) is 4.63. The van der Waals surface area contributed by atoms with E-state index in [9.17, 15) is 4.39 Å². The molecule has 1 aromatic heterocycles. The molecule has 0 unspecified atom stereocenters. The van der Waals surface area contributed by atoms with E-state index in [2.05, 4.69) is 15.3 Å². The van der Waals surface area contributed by atoms with Crippen LogP contribution >= 0.6 is 11.6 Å². The minimum absolute atomic E-state index is 0.0424. The standard InChI is InChI=1S/C14H15ClFN3O2/c1-20-5-4-17-7-10-8-18-14(19-9-10)21-11-2-3-12(15)13(16)6-11/h2-3,6,8-9,17H,4-5,7H2,1H3. The normalized spacial score (nSPS) is 10.6. The first kappa shape index (κ1) is 15.6. The van der Waals surface area contributed by atoms with Crippen LogP contribution in [0.25, 0.3) is 0 Å². The number of aromatic nitrogens is 2. The third kappa shape index (κ3) is 4.93. The molecule has 0 radical (unpaired) electrons. The lowest BCUT2D eigenvalue weighted by molar-refractivity contribution is 0.199. The molecule has 7 heteroatoms. The van der Waals surface area contributed by atoms with Crippen LogP contribution in [0.1, 0.15) is 5.56 Å². The van der Waals surface area contributed by atoms with Crippen LogP contribution in [0.2, 0.25) is 5.02 Å². The Kier molecular flexibility index (Phi) is 5.86. The maximum Gasteiger partial charge on any atom is 0.321 e. The lowest BCUT2D eigenvalue weighted by Gasteiger charge is -2.06. The number of rotatable bonds is 7. The highest BCUT2D eigenvalue weighted by molar-refractivity contribution is 6.30. The van der Waals surface area contributed by atoms with Crippen molar-refractivity contribution in [1.29, 1.82) is 0 Å². The SMILES string of the molecule is COCCNCc1cnc(Oc2ccc(Cl)c(F)c2)nc1. The number of nitrogens with one attached hydrogen (secondary N) is 1. The summed E-state index contributed by atoms with van der Waals surface area (Å²) in [5.74, 6) is -0.254. The fraction of sp³-hybridized carbons (Fsp3) is 0.286. The Labute approximate surface area is 127 Å². The monoisotopic (exact) mass is 311 g/mol. The van der Waals surface area contributed by atoms with Gasteiger partial charge < -0.3 is 14.8 Å². The first-order valence-corrected chi connectivity index (χ1v) is 6.70. The van der Waals surface area contributed by atoms with E-state index in [1.54, 1.807) is 25.6 Å². The quantitative estimate of drug-likeness (QED) is 0.797. The highest BCUT2D eigenvalue weighted by atomic mass is 35.5. The van der Waals surface area contributed by atoms with Crippen molar-refractivity contribution in [3.05, 3.63) is 47.0 Å². The highest BCUT2D eigenvalue weighted by Gasteiger charge is 2.05. The van der Waals surface area contributed by atoms with E-state index in [0.717, 1.165) is 12.1 Å². The molecule has 1 aromatic carbocycles. The van der Waals surface area contributed by atoms with Crippen LogP contribution in [0.5, 0.6) is 11.8 Å². The zero-order valence-electron chi connectivity index (χ0n) is 11.5. The summed E-state index contributed by atoms with van der Waals surface area (Å²) < 4.78 is 23.6. The van der Waals surface area contributed by atoms with Crippen molar-refractivity contribution in [1.82, 2.24) is 15.3 Å². The van der Waals surface area contributed by atoms with Crippen molar-refractivity contribution in [2.45, 2.75) is 6.54 Å². The van der Waals surface area contributed by atoms with Crippen LogP contribution in [0, 0.1) is 5.82 Å². The molecule has 0 fully saturated rings. The van der Waals surface area contributed by atoms with Crippen molar-refractivity contribution in [3.8, 4) is 11.8 Å². The van der Waals surface area contributed by atoms with E-state index >= 15 is 0 Å². The molecule has 0 aliphatic heterocycles. The van der Waals surface area contributed by atoms with Gasteiger partial charge in [-0.3, -0.25) is 0 Å². The predicted molar refractivity (Wildman–Crippen MR) is 77.1 cm³/mol. The van der Waals surface area contributed by atoms with E-state index in [0.29, 0.717) is 18.9 Å². The Morgan fingerprint density at radius 3 is 2.71 bits per heavy atom. The van der Waals surface area contributed by atoms with Gasteiger partial charge in [0.05, 0.1) is 11.6 Å². The molecule has 0 saturated carbocycles. The molecule has 0 atom stereocenters. The van der Waals surface area contributed by atoms with Crippen molar-refractivity contribution < 1.29 is 13.9 Å². The zero-order chi connectivity index (χ0) is 15.1. The number of halogens is 2. The Morgan fingerprint density at radius 2 is 2.05 bits per heavy atom. The number of ether oxygens (including phenoxy) is 2. The van der Waals surface area contributed by atoms with Crippen LogP contribution in [-0.2, 0) is 11.3 Å². The Bertz CT molecular complexity index is 581. The summed E-state index contributed by atoms with van der Waals surface area (Å²) in [5, 5.41) is 3.22. The summed E-state index contributed by atoms with van der Waals surface area (Å²) in [6.07, 6.45) is 3.29. The van der Waals surface area contributed by atoms with E-state index < -0.39 is 5.82 Å². The van der Waals surface area contributed by atoms with Gasteiger partial charge in [-0.2, -0.15) is 0 Å². The highest BCUT2D eigenvalue weighted by Crippen LogP contribution is 2.23. The molecule has 0 bridgehead atoms. The lowest BCUT2D eigenvalue weighted by Crippen LogP contribution is -2.18. The molecule has 2 rings (SSSR count). The van der Waals surface area contributed by atoms with E-state index in [1.807, 2.05) is 0 Å². The van der Waals surface area contributed by atoms with Gasteiger partial charge in [-0.1, -0.05) is 11.6 Å². The second kappa shape index (κ2) is 7.87. The van der Waals surface area contributed by atoms with Crippen LogP contribution in [0.15, 0.2) is 30.6 Å². The van der Waals surface area contributed by atoms with Gasteiger partial charge in [-0.15, -0.1) is 0 Å².